The quantitative estimate of drug-likeness (QED) is 0.641. The minimum absolute atomic E-state index is 0.450. The van der Waals surface area contributed by atoms with Crippen molar-refractivity contribution in [3.8, 4) is 0 Å². The van der Waals surface area contributed by atoms with Crippen LogP contribution in [0, 0.1) is 10.5 Å². The second-order valence-electron chi connectivity index (χ2n) is 4.92. The lowest BCUT2D eigenvalue weighted by molar-refractivity contribution is 0.111. The van der Waals surface area contributed by atoms with Gasteiger partial charge >= 0.3 is 0 Å². The van der Waals surface area contributed by atoms with Crippen molar-refractivity contribution in [2.75, 3.05) is 0 Å². The zero-order chi connectivity index (χ0) is 12.3. The van der Waals surface area contributed by atoms with Gasteiger partial charge in [0.2, 0.25) is 0 Å². The number of pyridine rings is 1. The molecule has 0 aliphatic heterocycles. The van der Waals surface area contributed by atoms with Gasteiger partial charge in [0.25, 0.3) is 0 Å². The zero-order valence-corrected chi connectivity index (χ0v) is 12.2. The van der Waals surface area contributed by atoms with Crippen molar-refractivity contribution >= 4 is 21.0 Å². The fraction of sp³-hybridized carbons (Fsp3) is 0.615. The minimum Gasteiger partial charge on any atom is -0.278 e. The van der Waals surface area contributed by atoms with Crippen molar-refractivity contribution in [1.29, 1.82) is 3.56 Å². The SMILES string of the molecule is Cc1ccc(CC2(F)CCC(I=N)CC2)cn1. The molecule has 1 heterocycles. The molecule has 1 N–H and O–H groups in total. The fourth-order valence-corrected chi connectivity index (χ4v) is 3.60. The number of aromatic nitrogens is 1. The van der Waals surface area contributed by atoms with Gasteiger partial charge < -0.3 is 0 Å². The van der Waals surface area contributed by atoms with Crippen LogP contribution in [0.5, 0.6) is 0 Å². The van der Waals surface area contributed by atoms with Crippen molar-refractivity contribution in [2.45, 2.75) is 48.6 Å². The normalized spacial score (nSPS) is 29.2. The van der Waals surface area contributed by atoms with Gasteiger partial charge in [-0.3, -0.25) is 8.55 Å². The number of halogens is 2. The maximum absolute atomic E-state index is 14.6. The number of nitrogens with one attached hydrogen (secondary N) is 1. The Kier molecular flexibility index (Phi) is 4.22. The molecule has 0 unspecified atom stereocenters. The Hall–Kier alpha value is -0.390. The van der Waals surface area contributed by atoms with E-state index in [-0.39, 0.29) is 0 Å². The van der Waals surface area contributed by atoms with Crippen LogP contribution in [-0.2, 0) is 6.42 Å². The monoisotopic (exact) mass is 348 g/mol. The summed E-state index contributed by atoms with van der Waals surface area (Å²) in [6, 6.07) is 3.92. The molecule has 0 spiro atoms. The van der Waals surface area contributed by atoms with E-state index in [0.717, 1.165) is 24.1 Å². The third kappa shape index (κ3) is 3.53. The van der Waals surface area contributed by atoms with Crippen molar-refractivity contribution < 1.29 is 4.39 Å². The van der Waals surface area contributed by atoms with Gasteiger partial charge in [0.15, 0.2) is 0 Å². The molecule has 17 heavy (non-hydrogen) atoms. The highest BCUT2D eigenvalue weighted by atomic mass is 127. The molecule has 0 bridgehead atoms. The summed E-state index contributed by atoms with van der Waals surface area (Å²) in [6.07, 6.45) is 5.36. The fourth-order valence-electron chi connectivity index (χ4n) is 2.35. The van der Waals surface area contributed by atoms with Gasteiger partial charge in [-0.1, -0.05) is 6.07 Å². The zero-order valence-electron chi connectivity index (χ0n) is 10.0. The van der Waals surface area contributed by atoms with Crippen molar-refractivity contribution in [3.05, 3.63) is 29.6 Å². The van der Waals surface area contributed by atoms with Crippen molar-refractivity contribution in [1.82, 2.24) is 4.98 Å². The van der Waals surface area contributed by atoms with Gasteiger partial charge in [0.05, 0.1) is 0 Å². The van der Waals surface area contributed by atoms with Crippen LogP contribution >= 0.6 is 21.0 Å². The largest absolute Gasteiger partial charge is 0.278 e. The standard InChI is InChI=1S/C13H18FIN2/c1-10-2-3-11(9-17-10)8-13(14)6-4-12(15-16)5-7-13/h2-3,9,12,16H,4-8H2,1H3. The first-order valence-electron chi connectivity index (χ1n) is 6.01. The summed E-state index contributed by atoms with van der Waals surface area (Å²) in [5.74, 6) is 0. The molecule has 0 aromatic carbocycles. The molecule has 1 aromatic rings. The Morgan fingerprint density at radius 2 is 2.18 bits per heavy atom. The predicted molar refractivity (Wildman–Crippen MR) is 75.5 cm³/mol. The maximum Gasteiger partial charge on any atom is 0.115 e. The number of alkyl halides is 2. The van der Waals surface area contributed by atoms with E-state index in [2.05, 4.69) is 4.98 Å². The van der Waals surface area contributed by atoms with E-state index in [1.165, 1.54) is 0 Å². The molecule has 0 radical (unpaired) electrons. The van der Waals surface area contributed by atoms with Crippen LogP contribution in [0.3, 0.4) is 0 Å². The van der Waals surface area contributed by atoms with Crippen LogP contribution in [0.4, 0.5) is 4.39 Å². The summed E-state index contributed by atoms with van der Waals surface area (Å²) < 4.78 is 22.6. The Labute approximate surface area is 112 Å². The highest BCUT2D eigenvalue weighted by molar-refractivity contribution is 14.1. The molecule has 0 amide bonds. The lowest BCUT2D eigenvalue weighted by Gasteiger charge is -2.32. The molecule has 0 saturated heterocycles. The molecule has 94 valence electrons. The molecule has 2 rings (SSSR count). The van der Waals surface area contributed by atoms with E-state index in [1.54, 1.807) is 6.20 Å². The molecular formula is C13H18FIN2. The average Bonchev–Trinajstić information content (AvgIpc) is 2.33. The molecule has 0 atom stereocenters. The van der Waals surface area contributed by atoms with Gasteiger partial charge in [-0.15, -0.1) is 0 Å². The molecule has 1 aromatic heterocycles. The number of hydrogen-bond donors (Lipinski definition) is 1. The smallest absolute Gasteiger partial charge is 0.115 e. The molecule has 1 aliphatic carbocycles. The topological polar surface area (TPSA) is 36.7 Å². The second-order valence-corrected chi connectivity index (χ2v) is 7.30. The first kappa shape index (κ1) is 13.1. The van der Waals surface area contributed by atoms with Crippen molar-refractivity contribution in [3.63, 3.8) is 0 Å². The van der Waals surface area contributed by atoms with Gasteiger partial charge in [-0.25, -0.2) is 4.39 Å². The molecule has 4 heteroatoms. The van der Waals surface area contributed by atoms with E-state index in [0.29, 0.717) is 23.2 Å². The van der Waals surface area contributed by atoms with Crippen LogP contribution in [0.25, 0.3) is 0 Å². The Bertz CT molecular complexity index is 383. The Morgan fingerprint density at radius 1 is 1.47 bits per heavy atom. The minimum atomic E-state index is -1.05. The van der Waals surface area contributed by atoms with Crippen LogP contribution in [0.15, 0.2) is 18.3 Å². The van der Waals surface area contributed by atoms with Crippen LogP contribution in [-0.4, -0.2) is 14.6 Å². The molecule has 1 aliphatic rings. The second kappa shape index (κ2) is 5.50. The maximum atomic E-state index is 14.6. The van der Waals surface area contributed by atoms with Crippen LogP contribution in [0.2, 0.25) is 0 Å². The third-order valence-electron chi connectivity index (χ3n) is 3.46. The number of nitrogens with zero attached hydrogens (tertiary/aromatic N) is 1. The highest BCUT2D eigenvalue weighted by Crippen LogP contribution is 2.38. The number of rotatable bonds is 3. The van der Waals surface area contributed by atoms with Crippen LogP contribution < -0.4 is 0 Å². The van der Waals surface area contributed by atoms with E-state index < -0.39 is 26.7 Å². The van der Waals surface area contributed by atoms with Crippen LogP contribution in [0.1, 0.15) is 36.9 Å². The summed E-state index contributed by atoms with van der Waals surface area (Å²) in [6.45, 7) is 1.94. The first-order valence-corrected chi connectivity index (χ1v) is 8.33. The first-order chi connectivity index (χ1) is 8.11. The van der Waals surface area contributed by atoms with Crippen molar-refractivity contribution in [2.24, 2.45) is 0 Å². The Balaban J connectivity index is 1.98. The van der Waals surface area contributed by atoms with Gasteiger partial charge in [-0.05, 0) is 65.3 Å². The average molecular weight is 348 g/mol. The molecular weight excluding hydrogens is 330 g/mol. The Morgan fingerprint density at radius 3 is 2.71 bits per heavy atom. The van der Waals surface area contributed by atoms with Gasteiger partial charge in [0.1, 0.15) is 5.67 Å². The molecule has 1 saturated carbocycles. The summed E-state index contributed by atoms with van der Waals surface area (Å²) in [4.78, 5) is 4.22. The van der Waals surface area contributed by atoms with E-state index in [4.69, 9.17) is 3.56 Å². The molecule has 1 fully saturated rings. The number of aryl methyl sites for hydroxylation is 1. The summed E-state index contributed by atoms with van der Waals surface area (Å²) >= 11 is -0.450. The highest BCUT2D eigenvalue weighted by Gasteiger charge is 2.35. The summed E-state index contributed by atoms with van der Waals surface area (Å²) in [7, 11) is 0. The number of hydrogen-bond acceptors (Lipinski definition) is 2. The van der Waals surface area contributed by atoms with E-state index >= 15 is 0 Å². The third-order valence-corrected chi connectivity index (χ3v) is 5.59. The van der Waals surface area contributed by atoms with E-state index in [9.17, 15) is 4.39 Å². The predicted octanol–water partition coefficient (Wildman–Crippen LogP) is 4.32. The van der Waals surface area contributed by atoms with E-state index in [1.807, 2.05) is 19.1 Å². The van der Waals surface area contributed by atoms with Gasteiger partial charge in [0, 0.05) is 22.2 Å². The van der Waals surface area contributed by atoms with Gasteiger partial charge in [-0.2, -0.15) is 0 Å². The molecule has 2 nitrogen and oxygen atoms in total. The summed E-state index contributed by atoms with van der Waals surface area (Å²) in [5, 5.41) is 0. The summed E-state index contributed by atoms with van der Waals surface area (Å²) in [5.41, 5.74) is 0.924. The lowest BCUT2D eigenvalue weighted by atomic mass is 9.82. The lowest BCUT2D eigenvalue weighted by Crippen LogP contribution is -2.32.